The van der Waals surface area contributed by atoms with Crippen LogP contribution in [0.15, 0.2) is 78.5 Å². The van der Waals surface area contributed by atoms with Gasteiger partial charge in [0.05, 0.1) is 27.9 Å². The van der Waals surface area contributed by atoms with Crippen molar-refractivity contribution in [2.45, 2.75) is 46.4 Å². The predicted octanol–water partition coefficient (Wildman–Crippen LogP) is 6.01. The zero-order valence-corrected chi connectivity index (χ0v) is 29.5. The summed E-state index contributed by atoms with van der Waals surface area (Å²) in [6.45, 7) is 5.29. The third kappa shape index (κ3) is 6.79. The summed E-state index contributed by atoms with van der Waals surface area (Å²) in [5, 5.41) is 0. The van der Waals surface area contributed by atoms with E-state index in [0.717, 1.165) is 16.0 Å². The third-order valence-electron chi connectivity index (χ3n) is 9.05. The van der Waals surface area contributed by atoms with Crippen molar-refractivity contribution in [2.75, 3.05) is 28.1 Å². The fourth-order valence-corrected chi connectivity index (χ4v) is 6.66. The van der Waals surface area contributed by atoms with E-state index in [2.05, 4.69) is 0 Å². The fourth-order valence-electron chi connectivity index (χ4n) is 6.66. The maximum atomic E-state index is 14.8. The lowest BCUT2D eigenvalue weighted by Gasteiger charge is -2.40. The van der Waals surface area contributed by atoms with E-state index in [1.54, 1.807) is 18.2 Å². The van der Waals surface area contributed by atoms with Gasteiger partial charge in [-0.3, -0.25) is 19.3 Å². The van der Waals surface area contributed by atoms with Crippen molar-refractivity contribution < 1.29 is 42.8 Å². The highest BCUT2D eigenvalue weighted by Gasteiger charge is 2.45. The Hall–Kier alpha value is -5.97. The smallest absolute Gasteiger partial charge is 0.277 e. The summed E-state index contributed by atoms with van der Waals surface area (Å²) >= 11 is 0. The first-order valence-electron chi connectivity index (χ1n) is 16.5. The van der Waals surface area contributed by atoms with E-state index in [1.807, 2.05) is 74.5 Å². The Morgan fingerprint density at radius 2 is 1.51 bits per heavy atom. The van der Waals surface area contributed by atoms with Crippen LogP contribution < -0.4 is 28.4 Å². The average molecular weight is 693 g/mol. The summed E-state index contributed by atoms with van der Waals surface area (Å²) in [5.41, 5.74) is 4.13. The van der Waals surface area contributed by atoms with E-state index in [9.17, 15) is 14.4 Å². The summed E-state index contributed by atoms with van der Waals surface area (Å²) in [7, 11) is 4.56. The number of methoxy groups -OCH3 is 3. The summed E-state index contributed by atoms with van der Waals surface area (Å²) in [5.74, 6) is 1.18. The van der Waals surface area contributed by atoms with Gasteiger partial charge >= 0.3 is 0 Å². The lowest BCUT2D eigenvalue weighted by Crippen LogP contribution is -2.60. The van der Waals surface area contributed by atoms with E-state index in [-0.39, 0.29) is 32.1 Å². The molecule has 0 spiro atoms. The van der Waals surface area contributed by atoms with Crippen molar-refractivity contribution in [2.24, 2.45) is 0 Å². The molecule has 1 fully saturated rings. The van der Waals surface area contributed by atoms with Gasteiger partial charge in [-0.15, -0.1) is 0 Å². The fraction of sp³-hybridized carbons (Fsp3) is 0.275. The molecule has 0 aromatic heterocycles. The second kappa shape index (κ2) is 14.9. The number of benzene rings is 4. The second-order valence-corrected chi connectivity index (χ2v) is 12.2. The SMILES string of the molecule is COc1cc(CC2C(=O)N(Cc3ccccc3)/C(=C\c3cc4c(c(C)c3OCc3ccccc3)OCO4)C(=O)N2C(C)=O)c(OC)c(C)c1OC. The van der Waals surface area contributed by atoms with Crippen LogP contribution in [0.1, 0.15) is 40.3 Å². The first kappa shape index (κ1) is 34.9. The van der Waals surface area contributed by atoms with Crippen LogP contribution in [0.4, 0.5) is 0 Å². The van der Waals surface area contributed by atoms with Gasteiger partial charge in [-0.1, -0.05) is 60.7 Å². The maximum absolute atomic E-state index is 14.8. The number of carbonyl (C=O) groups is 3. The van der Waals surface area contributed by atoms with Crippen molar-refractivity contribution in [1.29, 1.82) is 0 Å². The minimum absolute atomic E-state index is 0.00795. The number of carbonyl (C=O) groups excluding carboxylic acids is 3. The number of amides is 3. The number of imide groups is 1. The second-order valence-electron chi connectivity index (χ2n) is 12.2. The van der Waals surface area contributed by atoms with Crippen molar-refractivity contribution in [3.05, 3.63) is 112 Å². The lowest BCUT2D eigenvalue weighted by molar-refractivity contribution is -0.158. The summed E-state index contributed by atoms with van der Waals surface area (Å²) in [4.78, 5) is 45.2. The summed E-state index contributed by atoms with van der Waals surface area (Å²) in [6.07, 6.45) is 1.56. The van der Waals surface area contributed by atoms with Gasteiger partial charge in [-0.25, -0.2) is 0 Å². The number of fused-ring (bicyclic) bond motifs is 1. The molecule has 0 radical (unpaired) electrons. The highest BCUT2D eigenvalue weighted by atomic mass is 16.7. The van der Waals surface area contributed by atoms with Gasteiger partial charge in [0.1, 0.15) is 29.8 Å². The molecule has 0 bridgehead atoms. The van der Waals surface area contributed by atoms with Crippen molar-refractivity contribution in [3.8, 4) is 34.5 Å². The molecule has 0 N–H and O–H groups in total. The van der Waals surface area contributed by atoms with E-state index in [4.69, 9.17) is 28.4 Å². The molecule has 11 nitrogen and oxygen atoms in total. The summed E-state index contributed by atoms with van der Waals surface area (Å²) < 4.78 is 34.8. The predicted molar refractivity (Wildman–Crippen MR) is 189 cm³/mol. The van der Waals surface area contributed by atoms with Gasteiger partial charge in [0.2, 0.25) is 12.7 Å². The Labute approximate surface area is 296 Å². The van der Waals surface area contributed by atoms with Crippen LogP contribution in [-0.4, -0.2) is 61.7 Å². The van der Waals surface area contributed by atoms with Gasteiger partial charge in [-0.05, 0) is 43.2 Å². The Bertz CT molecular complexity index is 1990. The molecule has 3 amide bonds. The molecule has 1 saturated heterocycles. The molecule has 2 aliphatic heterocycles. The van der Waals surface area contributed by atoms with E-state index < -0.39 is 23.8 Å². The molecule has 4 aromatic carbocycles. The number of ether oxygens (including phenoxy) is 6. The van der Waals surface area contributed by atoms with Crippen LogP contribution in [0.2, 0.25) is 0 Å². The highest BCUT2D eigenvalue weighted by molar-refractivity contribution is 6.14. The van der Waals surface area contributed by atoms with Gasteiger partial charge in [0.25, 0.3) is 11.8 Å². The maximum Gasteiger partial charge on any atom is 0.277 e. The largest absolute Gasteiger partial charge is 0.496 e. The van der Waals surface area contributed by atoms with E-state index in [0.29, 0.717) is 56.8 Å². The van der Waals surface area contributed by atoms with Crippen LogP contribution in [0.3, 0.4) is 0 Å². The molecule has 2 aliphatic rings. The lowest BCUT2D eigenvalue weighted by atomic mass is 9.95. The first-order valence-corrected chi connectivity index (χ1v) is 16.5. The number of rotatable bonds is 11. The first-order chi connectivity index (χ1) is 24.7. The Morgan fingerprint density at radius 1 is 0.843 bits per heavy atom. The Balaban J connectivity index is 1.48. The van der Waals surface area contributed by atoms with E-state index in [1.165, 1.54) is 33.2 Å². The van der Waals surface area contributed by atoms with Crippen LogP contribution in [0.5, 0.6) is 34.5 Å². The molecule has 6 rings (SSSR count). The molecule has 1 atom stereocenters. The molecule has 11 heteroatoms. The molecule has 0 aliphatic carbocycles. The Morgan fingerprint density at radius 3 is 2.14 bits per heavy atom. The quantitative estimate of drug-likeness (QED) is 0.175. The van der Waals surface area contributed by atoms with Crippen molar-refractivity contribution in [1.82, 2.24) is 9.80 Å². The van der Waals surface area contributed by atoms with Gasteiger partial charge in [-0.2, -0.15) is 0 Å². The molecule has 264 valence electrons. The van der Waals surface area contributed by atoms with Crippen LogP contribution in [-0.2, 0) is 34.0 Å². The van der Waals surface area contributed by atoms with Crippen molar-refractivity contribution in [3.63, 3.8) is 0 Å². The Kier molecular flexibility index (Phi) is 10.2. The standard InChI is InChI=1S/C40H40N2O9/c1-24-35(47-5)29(19-33(46-4)37(24)48-6)18-32-39(44)41(21-27-13-9-7-10-14-27)31(40(45)42(32)26(3)43)17-30-20-34-38(51-23-50-34)25(2)36(30)49-22-28-15-11-8-12-16-28/h7-17,19-20,32H,18,21-23H2,1-6H3/b31-17-. The number of hydrogen-bond acceptors (Lipinski definition) is 9. The average Bonchev–Trinajstić information content (AvgIpc) is 3.61. The summed E-state index contributed by atoms with van der Waals surface area (Å²) in [6, 6.07) is 21.3. The molecule has 0 saturated carbocycles. The minimum Gasteiger partial charge on any atom is -0.496 e. The van der Waals surface area contributed by atoms with Crippen LogP contribution >= 0.6 is 0 Å². The zero-order valence-electron chi connectivity index (χ0n) is 29.5. The number of piperazine rings is 1. The highest BCUT2D eigenvalue weighted by Crippen LogP contribution is 2.45. The molecule has 4 aromatic rings. The van der Waals surface area contributed by atoms with Gasteiger partial charge < -0.3 is 33.3 Å². The third-order valence-corrected chi connectivity index (χ3v) is 9.05. The topological polar surface area (TPSA) is 113 Å². The monoisotopic (exact) mass is 692 g/mol. The minimum atomic E-state index is -1.19. The van der Waals surface area contributed by atoms with Gasteiger partial charge in [0.15, 0.2) is 23.0 Å². The van der Waals surface area contributed by atoms with E-state index >= 15 is 0 Å². The number of nitrogens with zero attached hydrogens (tertiary/aromatic N) is 2. The van der Waals surface area contributed by atoms with Crippen LogP contribution in [0.25, 0.3) is 6.08 Å². The normalized spacial score (nSPS) is 16.0. The molecular weight excluding hydrogens is 652 g/mol. The molecule has 1 unspecified atom stereocenters. The van der Waals surface area contributed by atoms with Crippen LogP contribution in [0, 0.1) is 13.8 Å². The molecular formula is C40H40N2O9. The molecule has 2 heterocycles. The van der Waals surface area contributed by atoms with Crippen molar-refractivity contribution >= 4 is 23.8 Å². The molecule has 51 heavy (non-hydrogen) atoms. The zero-order chi connectivity index (χ0) is 36.2. The van der Waals surface area contributed by atoms with Gasteiger partial charge in [0, 0.05) is 35.6 Å². The number of hydrogen-bond donors (Lipinski definition) is 0.